The van der Waals surface area contributed by atoms with E-state index in [2.05, 4.69) is 11.7 Å². The smallest absolute Gasteiger partial charge is 0.168 e. The highest BCUT2D eigenvalue weighted by Crippen LogP contribution is 2.12. The summed E-state index contributed by atoms with van der Waals surface area (Å²) in [6, 6.07) is 0. The number of hydrogen-bond donors (Lipinski definition) is 1. The summed E-state index contributed by atoms with van der Waals surface area (Å²) >= 11 is 0. The van der Waals surface area contributed by atoms with Gasteiger partial charge in [0.2, 0.25) is 0 Å². The van der Waals surface area contributed by atoms with Crippen molar-refractivity contribution in [1.29, 1.82) is 0 Å². The van der Waals surface area contributed by atoms with Crippen LogP contribution < -0.4 is 5.73 Å². The van der Waals surface area contributed by atoms with Gasteiger partial charge in [-0.3, -0.25) is 9.48 Å². The number of nitrogen functional groups attached to an aromatic ring is 1. The van der Waals surface area contributed by atoms with E-state index < -0.39 is 0 Å². The van der Waals surface area contributed by atoms with Crippen molar-refractivity contribution in [2.75, 3.05) is 5.73 Å². The lowest BCUT2D eigenvalue weighted by Gasteiger charge is -1.97. The van der Waals surface area contributed by atoms with E-state index in [4.69, 9.17) is 5.73 Å². The van der Waals surface area contributed by atoms with Gasteiger partial charge in [0, 0.05) is 13.5 Å². The highest BCUT2D eigenvalue weighted by atomic mass is 16.1. The van der Waals surface area contributed by atoms with Crippen LogP contribution in [0.2, 0.25) is 0 Å². The van der Waals surface area contributed by atoms with Gasteiger partial charge < -0.3 is 5.73 Å². The van der Waals surface area contributed by atoms with Gasteiger partial charge >= 0.3 is 0 Å². The fraction of sp³-hybridized carbons (Fsp3) is 0.333. The van der Waals surface area contributed by atoms with Crippen molar-refractivity contribution in [3.8, 4) is 0 Å². The molecule has 0 saturated heterocycles. The number of nitrogens with zero attached hydrogens (tertiary/aromatic N) is 2. The first-order valence-corrected chi connectivity index (χ1v) is 4.08. The lowest BCUT2D eigenvalue weighted by Crippen LogP contribution is -2.04. The number of carbonyl (C=O) groups excluding carboxylic acids is 1. The number of aromatic nitrogens is 2. The SMILES string of the molecule is C=CCCC(=O)c1cnn(C)c1N. The van der Waals surface area contributed by atoms with Gasteiger partial charge in [-0.15, -0.1) is 6.58 Å². The Kier molecular flexibility index (Phi) is 2.84. The molecule has 0 amide bonds. The van der Waals surface area contributed by atoms with Crippen molar-refractivity contribution in [3.05, 3.63) is 24.4 Å². The minimum atomic E-state index is 0.0190. The number of hydrogen-bond acceptors (Lipinski definition) is 3. The van der Waals surface area contributed by atoms with Gasteiger partial charge in [0.1, 0.15) is 5.82 Å². The summed E-state index contributed by atoms with van der Waals surface area (Å²) < 4.78 is 1.49. The molecule has 1 aromatic rings. The van der Waals surface area contributed by atoms with Gasteiger partial charge in [0.15, 0.2) is 5.78 Å². The molecule has 4 nitrogen and oxygen atoms in total. The van der Waals surface area contributed by atoms with E-state index in [0.29, 0.717) is 24.2 Å². The van der Waals surface area contributed by atoms with Crippen molar-refractivity contribution in [1.82, 2.24) is 9.78 Å². The molecule has 4 heteroatoms. The van der Waals surface area contributed by atoms with Crippen LogP contribution in [-0.2, 0) is 7.05 Å². The molecule has 0 saturated carbocycles. The molecule has 2 N–H and O–H groups in total. The number of allylic oxidation sites excluding steroid dienone is 1. The monoisotopic (exact) mass is 179 g/mol. The van der Waals surface area contributed by atoms with Crippen LogP contribution in [0.5, 0.6) is 0 Å². The molecular weight excluding hydrogens is 166 g/mol. The number of aryl methyl sites for hydroxylation is 1. The lowest BCUT2D eigenvalue weighted by atomic mass is 10.1. The van der Waals surface area contributed by atoms with Gasteiger partial charge in [0.05, 0.1) is 11.8 Å². The van der Waals surface area contributed by atoms with Crippen molar-refractivity contribution in [3.63, 3.8) is 0 Å². The van der Waals surface area contributed by atoms with Crippen LogP contribution in [0.3, 0.4) is 0 Å². The van der Waals surface area contributed by atoms with E-state index in [-0.39, 0.29) is 5.78 Å². The van der Waals surface area contributed by atoms with Gasteiger partial charge in [-0.1, -0.05) is 6.08 Å². The van der Waals surface area contributed by atoms with Crippen molar-refractivity contribution in [2.45, 2.75) is 12.8 Å². The van der Waals surface area contributed by atoms with Crippen LogP contribution in [0.25, 0.3) is 0 Å². The quantitative estimate of drug-likeness (QED) is 0.557. The van der Waals surface area contributed by atoms with Crippen LogP contribution >= 0.6 is 0 Å². The van der Waals surface area contributed by atoms with Crippen LogP contribution in [-0.4, -0.2) is 15.6 Å². The van der Waals surface area contributed by atoms with E-state index in [1.165, 1.54) is 10.9 Å². The average molecular weight is 179 g/mol. The average Bonchev–Trinajstić information content (AvgIpc) is 2.44. The first-order chi connectivity index (χ1) is 6.16. The summed E-state index contributed by atoms with van der Waals surface area (Å²) in [5, 5.41) is 3.89. The minimum absolute atomic E-state index is 0.0190. The fourth-order valence-corrected chi connectivity index (χ4v) is 1.03. The largest absolute Gasteiger partial charge is 0.383 e. The van der Waals surface area contributed by atoms with Crippen molar-refractivity contribution >= 4 is 11.6 Å². The molecule has 1 rings (SSSR count). The predicted octanol–water partition coefficient (Wildman–Crippen LogP) is 1.15. The number of nitrogens with two attached hydrogens (primary N) is 1. The third kappa shape index (κ3) is 1.96. The highest BCUT2D eigenvalue weighted by Gasteiger charge is 2.11. The minimum Gasteiger partial charge on any atom is -0.383 e. The molecule has 1 aromatic heterocycles. The second-order valence-electron chi connectivity index (χ2n) is 2.82. The molecule has 0 aliphatic heterocycles. The lowest BCUT2D eigenvalue weighted by molar-refractivity contribution is 0.0984. The number of rotatable bonds is 4. The Labute approximate surface area is 77.0 Å². The van der Waals surface area contributed by atoms with E-state index in [1.807, 2.05) is 0 Å². The van der Waals surface area contributed by atoms with Crippen LogP contribution in [0.4, 0.5) is 5.82 Å². The van der Waals surface area contributed by atoms with Crippen LogP contribution in [0.15, 0.2) is 18.9 Å². The third-order valence-electron chi connectivity index (χ3n) is 1.86. The second kappa shape index (κ2) is 3.89. The molecule has 0 aliphatic carbocycles. The Bertz CT molecular complexity index is 328. The molecule has 0 spiro atoms. The van der Waals surface area contributed by atoms with E-state index in [1.54, 1.807) is 13.1 Å². The maximum Gasteiger partial charge on any atom is 0.168 e. The molecule has 0 aromatic carbocycles. The van der Waals surface area contributed by atoms with Crippen molar-refractivity contribution in [2.24, 2.45) is 7.05 Å². The Hall–Kier alpha value is -1.58. The first kappa shape index (κ1) is 9.51. The number of carbonyl (C=O) groups is 1. The zero-order valence-corrected chi connectivity index (χ0v) is 7.66. The maximum atomic E-state index is 11.5. The number of anilines is 1. The van der Waals surface area contributed by atoms with E-state index >= 15 is 0 Å². The molecule has 0 bridgehead atoms. The Morgan fingerprint density at radius 1 is 1.85 bits per heavy atom. The normalized spacial score (nSPS) is 9.92. The zero-order chi connectivity index (χ0) is 9.84. The number of Topliss-reactive ketones (excluding diaryl/α,β-unsaturated/α-hetero) is 1. The Morgan fingerprint density at radius 2 is 2.54 bits per heavy atom. The summed E-state index contributed by atoms with van der Waals surface area (Å²) in [5.41, 5.74) is 6.13. The molecule has 0 fully saturated rings. The van der Waals surface area contributed by atoms with Crippen LogP contribution in [0.1, 0.15) is 23.2 Å². The standard InChI is InChI=1S/C9H13N3O/c1-3-4-5-8(13)7-6-11-12(2)9(7)10/h3,6H,1,4-5,10H2,2H3. The summed E-state index contributed by atoms with van der Waals surface area (Å²) in [5.74, 6) is 0.444. The molecule has 0 unspecified atom stereocenters. The van der Waals surface area contributed by atoms with Crippen LogP contribution in [0, 0.1) is 0 Å². The zero-order valence-electron chi connectivity index (χ0n) is 7.66. The summed E-state index contributed by atoms with van der Waals surface area (Å²) in [6.45, 7) is 3.55. The van der Waals surface area contributed by atoms with E-state index in [9.17, 15) is 4.79 Å². The summed E-state index contributed by atoms with van der Waals surface area (Å²) in [6.07, 6.45) is 4.33. The molecule has 0 radical (unpaired) electrons. The molecular formula is C9H13N3O. The first-order valence-electron chi connectivity index (χ1n) is 4.08. The molecule has 1 heterocycles. The second-order valence-corrected chi connectivity index (χ2v) is 2.82. The van der Waals surface area contributed by atoms with E-state index in [0.717, 1.165) is 0 Å². The highest BCUT2D eigenvalue weighted by molar-refractivity contribution is 5.99. The van der Waals surface area contributed by atoms with Gasteiger partial charge in [-0.2, -0.15) is 5.10 Å². The third-order valence-corrected chi connectivity index (χ3v) is 1.86. The Morgan fingerprint density at radius 3 is 3.00 bits per heavy atom. The summed E-state index contributed by atoms with van der Waals surface area (Å²) in [4.78, 5) is 11.5. The molecule has 13 heavy (non-hydrogen) atoms. The predicted molar refractivity (Wildman–Crippen MR) is 51.4 cm³/mol. The maximum absolute atomic E-state index is 11.5. The van der Waals surface area contributed by atoms with Gasteiger partial charge in [0.25, 0.3) is 0 Å². The number of ketones is 1. The topological polar surface area (TPSA) is 60.9 Å². The molecule has 0 aliphatic rings. The van der Waals surface area contributed by atoms with Gasteiger partial charge in [-0.05, 0) is 6.42 Å². The molecule has 0 atom stereocenters. The fourth-order valence-electron chi connectivity index (χ4n) is 1.03. The summed E-state index contributed by atoms with van der Waals surface area (Å²) in [7, 11) is 1.71. The van der Waals surface area contributed by atoms with Gasteiger partial charge in [-0.25, -0.2) is 0 Å². The molecule has 70 valence electrons. The Balaban J connectivity index is 2.77. The van der Waals surface area contributed by atoms with Crippen molar-refractivity contribution < 1.29 is 4.79 Å².